The predicted molar refractivity (Wildman–Crippen MR) is 67.2 cm³/mol. The van der Waals surface area contributed by atoms with Crippen molar-refractivity contribution in [3.05, 3.63) is 34.9 Å². The van der Waals surface area contributed by atoms with Crippen molar-refractivity contribution in [2.75, 3.05) is 26.4 Å². The van der Waals surface area contributed by atoms with Crippen LogP contribution in [0.5, 0.6) is 0 Å². The fraction of sp³-hybridized carbons (Fsp3) is 0.571. The van der Waals surface area contributed by atoms with E-state index in [2.05, 4.69) is 6.92 Å². The van der Waals surface area contributed by atoms with E-state index >= 15 is 0 Å². The summed E-state index contributed by atoms with van der Waals surface area (Å²) in [6.07, 6.45) is -0.407. The molecular weight excluding hydrogens is 232 g/mol. The molecule has 4 nitrogen and oxygen atoms in total. The minimum absolute atomic E-state index is 0.136. The lowest BCUT2D eigenvalue weighted by molar-refractivity contribution is -0.248. The fourth-order valence-electron chi connectivity index (χ4n) is 1.93. The molecule has 0 bridgehead atoms. The Kier molecular flexibility index (Phi) is 4.02. The van der Waals surface area contributed by atoms with E-state index in [1.54, 1.807) is 0 Å². The van der Waals surface area contributed by atoms with Crippen LogP contribution in [0.2, 0.25) is 0 Å². The van der Waals surface area contributed by atoms with Crippen LogP contribution in [0.15, 0.2) is 18.2 Å². The molecule has 1 aliphatic heterocycles. The van der Waals surface area contributed by atoms with Crippen molar-refractivity contribution in [3.63, 3.8) is 0 Å². The van der Waals surface area contributed by atoms with E-state index in [1.807, 2.05) is 25.1 Å². The monoisotopic (exact) mass is 252 g/mol. The van der Waals surface area contributed by atoms with Crippen molar-refractivity contribution >= 4 is 0 Å². The molecule has 2 rings (SSSR count). The van der Waals surface area contributed by atoms with Gasteiger partial charge < -0.3 is 19.7 Å². The number of aliphatic hydroxyl groups excluding tert-OH is 2. The van der Waals surface area contributed by atoms with Crippen molar-refractivity contribution in [1.29, 1.82) is 0 Å². The van der Waals surface area contributed by atoms with Crippen molar-refractivity contribution in [3.8, 4) is 0 Å². The highest BCUT2D eigenvalue weighted by atomic mass is 16.7. The maximum Gasteiger partial charge on any atom is 0.183 e. The second kappa shape index (κ2) is 5.36. The first-order chi connectivity index (χ1) is 8.60. The molecular formula is C14H20O4. The molecule has 0 saturated carbocycles. The highest BCUT2D eigenvalue weighted by Crippen LogP contribution is 2.31. The third-order valence-corrected chi connectivity index (χ3v) is 3.56. The van der Waals surface area contributed by atoms with E-state index < -0.39 is 11.7 Å². The van der Waals surface area contributed by atoms with Crippen LogP contribution in [0.3, 0.4) is 0 Å². The van der Waals surface area contributed by atoms with Gasteiger partial charge in [-0.25, -0.2) is 0 Å². The minimum Gasteiger partial charge on any atom is -0.396 e. The Balaban J connectivity index is 2.07. The first kappa shape index (κ1) is 13.5. The molecule has 1 aromatic carbocycles. The topological polar surface area (TPSA) is 58.9 Å². The van der Waals surface area contributed by atoms with Gasteiger partial charge in [0.05, 0.1) is 31.8 Å². The smallest absolute Gasteiger partial charge is 0.183 e. The van der Waals surface area contributed by atoms with Gasteiger partial charge in [0, 0.05) is 5.56 Å². The third-order valence-electron chi connectivity index (χ3n) is 3.56. The molecule has 0 aromatic heterocycles. The zero-order valence-corrected chi connectivity index (χ0v) is 10.8. The van der Waals surface area contributed by atoms with Crippen molar-refractivity contribution in [2.24, 2.45) is 5.41 Å². The molecule has 0 spiro atoms. The summed E-state index contributed by atoms with van der Waals surface area (Å²) in [5.74, 6) is 0. The largest absolute Gasteiger partial charge is 0.396 e. The van der Waals surface area contributed by atoms with E-state index in [0.29, 0.717) is 13.2 Å². The Morgan fingerprint density at radius 2 is 1.72 bits per heavy atom. The summed E-state index contributed by atoms with van der Waals surface area (Å²) in [5, 5.41) is 18.5. The summed E-state index contributed by atoms with van der Waals surface area (Å²) in [5.41, 5.74) is 2.73. The molecule has 1 fully saturated rings. The number of benzene rings is 1. The zero-order chi connectivity index (χ0) is 13.2. The highest BCUT2D eigenvalue weighted by molar-refractivity contribution is 5.30. The van der Waals surface area contributed by atoms with Crippen LogP contribution in [0.25, 0.3) is 0 Å². The predicted octanol–water partition coefficient (Wildman–Crippen LogP) is 1.32. The summed E-state index contributed by atoms with van der Waals surface area (Å²) in [4.78, 5) is 0. The summed E-state index contributed by atoms with van der Waals surface area (Å²) in [6.45, 7) is 4.44. The number of ether oxygens (including phenoxy) is 2. The standard InChI is InChI=1S/C14H20O4/c1-10-3-4-12(5-11(10)2)13-17-8-14(6-15,7-16)9-18-13/h3-5,13,15-16H,6-9H2,1-2H3. The second-order valence-electron chi connectivity index (χ2n) is 5.11. The van der Waals surface area contributed by atoms with Gasteiger partial charge in [0.15, 0.2) is 6.29 Å². The summed E-state index contributed by atoms with van der Waals surface area (Å²) < 4.78 is 11.2. The lowest BCUT2D eigenvalue weighted by atomic mass is 9.91. The lowest BCUT2D eigenvalue weighted by Gasteiger charge is -2.37. The molecule has 0 radical (unpaired) electrons. The Morgan fingerprint density at radius 1 is 1.11 bits per heavy atom. The van der Waals surface area contributed by atoms with Crippen LogP contribution in [-0.4, -0.2) is 36.6 Å². The number of aliphatic hydroxyl groups is 2. The Morgan fingerprint density at radius 3 is 2.22 bits per heavy atom. The minimum atomic E-state index is -0.670. The van der Waals surface area contributed by atoms with E-state index in [0.717, 1.165) is 5.56 Å². The molecule has 100 valence electrons. The maximum atomic E-state index is 9.26. The Labute approximate surface area is 107 Å². The summed E-state index contributed by atoms with van der Waals surface area (Å²) in [7, 11) is 0. The van der Waals surface area contributed by atoms with Crippen LogP contribution in [0.1, 0.15) is 23.0 Å². The van der Waals surface area contributed by atoms with Gasteiger partial charge in [-0.2, -0.15) is 0 Å². The van der Waals surface area contributed by atoms with Crippen LogP contribution in [0.4, 0.5) is 0 Å². The molecule has 0 unspecified atom stereocenters. The average Bonchev–Trinajstić information content (AvgIpc) is 2.42. The van der Waals surface area contributed by atoms with Gasteiger partial charge in [0.2, 0.25) is 0 Å². The zero-order valence-electron chi connectivity index (χ0n) is 10.8. The highest BCUT2D eigenvalue weighted by Gasteiger charge is 2.36. The van der Waals surface area contributed by atoms with E-state index in [9.17, 15) is 10.2 Å². The average molecular weight is 252 g/mol. The van der Waals surface area contributed by atoms with E-state index in [1.165, 1.54) is 11.1 Å². The molecule has 1 saturated heterocycles. The van der Waals surface area contributed by atoms with Crippen molar-refractivity contribution in [1.82, 2.24) is 0 Å². The van der Waals surface area contributed by atoms with Crippen LogP contribution < -0.4 is 0 Å². The molecule has 2 N–H and O–H groups in total. The van der Waals surface area contributed by atoms with Crippen LogP contribution >= 0.6 is 0 Å². The van der Waals surface area contributed by atoms with Crippen LogP contribution in [0, 0.1) is 19.3 Å². The first-order valence-electron chi connectivity index (χ1n) is 6.12. The van der Waals surface area contributed by atoms with Crippen molar-refractivity contribution < 1.29 is 19.7 Å². The second-order valence-corrected chi connectivity index (χ2v) is 5.11. The lowest BCUT2D eigenvalue weighted by Crippen LogP contribution is -2.44. The quantitative estimate of drug-likeness (QED) is 0.852. The number of rotatable bonds is 3. The molecule has 4 heteroatoms. The molecule has 0 amide bonds. The van der Waals surface area contributed by atoms with Gasteiger partial charge in [-0.05, 0) is 25.0 Å². The van der Waals surface area contributed by atoms with Gasteiger partial charge in [0.1, 0.15) is 0 Å². The van der Waals surface area contributed by atoms with Crippen LogP contribution in [-0.2, 0) is 9.47 Å². The maximum absolute atomic E-state index is 9.26. The Bertz CT molecular complexity index is 402. The first-order valence-corrected chi connectivity index (χ1v) is 6.12. The molecule has 1 heterocycles. The fourth-order valence-corrected chi connectivity index (χ4v) is 1.93. The Hall–Kier alpha value is -0.940. The van der Waals surface area contributed by atoms with Gasteiger partial charge in [0.25, 0.3) is 0 Å². The van der Waals surface area contributed by atoms with E-state index in [4.69, 9.17) is 9.47 Å². The van der Waals surface area contributed by atoms with Crippen molar-refractivity contribution in [2.45, 2.75) is 20.1 Å². The molecule has 1 aliphatic rings. The molecule has 0 aliphatic carbocycles. The van der Waals surface area contributed by atoms with Gasteiger partial charge in [-0.3, -0.25) is 0 Å². The van der Waals surface area contributed by atoms with E-state index in [-0.39, 0.29) is 13.2 Å². The third kappa shape index (κ3) is 2.57. The SMILES string of the molecule is Cc1ccc(C2OCC(CO)(CO)CO2)cc1C. The van der Waals surface area contributed by atoms with Gasteiger partial charge in [-0.15, -0.1) is 0 Å². The number of hydrogen-bond donors (Lipinski definition) is 2. The molecule has 18 heavy (non-hydrogen) atoms. The summed E-state index contributed by atoms with van der Waals surface area (Å²) >= 11 is 0. The van der Waals surface area contributed by atoms with Gasteiger partial charge in [-0.1, -0.05) is 18.2 Å². The van der Waals surface area contributed by atoms with Gasteiger partial charge >= 0.3 is 0 Å². The summed E-state index contributed by atoms with van der Waals surface area (Å²) in [6, 6.07) is 6.07. The molecule has 0 atom stereocenters. The molecule has 1 aromatic rings. The number of hydrogen-bond acceptors (Lipinski definition) is 4. The number of aryl methyl sites for hydroxylation is 2. The normalized spacial score (nSPS) is 20.0.